The van der Waals surface area contributed by atoms with E-state index in [1.54, 1.807) is 0 Å². The van der Waals surface area contributed by atoms with Gasteiger partial charge in [-0.25, -0.2) is 0 Å². The first kappa shape index (κ1) is 18.7. The molecule has 0 spiro atoms. The van der Waals surface area contributed by atoms with E-state index in [0.717, 1.165) is 0 Å². The summed E-state index contributed by atoms with van der Waals surface area (Å²) in [5, 5.41) is 0. The molecule has 0 unspecified atom stereocenters. The zero-order valence-electron chi connectivity index (χ0n) is 18.0. The maximum atomic E-state index is 2.30. The molecule has 1 nitrogen and oxygen atoms in total. The highest BCUT2D eigenvalue weighted by Gasteiger charge is 2.24. The van der Waals surface area contributed by atoms with E-state index in [2.05, 4.69) is 133 Å². The van der Waals surface area contributed by atoms with Crippen molar-refractivity contribution in [3.8, 4) is 44.5 Å². The van der Waals surface area contributed by atoms with E-state index in [9.17, 15) is 0 Å². The SMILES string of the molecule is CN(c1ccccc1)c1cccc2c1-c1ccccc1-c1ccccc1-c1ccccc1-2. The summed E-state index contributed by atoms with van der Waals surface area (Å²) < 4.78 is 0. The largest absolute Gasteiger partial charge is 0.344 e. The summed E-state index contributed by atoms with van der Waals surface area (Å²) in [5.41, 5.74) is 12.6. The molecule has 0 bridgehead atoms. The van der Waals surface area contributed by atoms with Crippen LogP contribution >= 0.6 is 0 Å². The lowest BCUT2D eigenvalue weighted by molar-refractivity contribution is 1.21. The molecule has 6 rings (SSSR count). The Morgan fingerprint density at radius 2 is 0.781 bits per heavy atom. The standard InChI is InChI=1S/C31H23N/c1-32(22-12-3-2-4-13-22)30-21-11-20-29-27-17-8-7-16-25(27)23-14-5-6-15-24(23)26-18-9-10-19-28(26)31(29)30/h2-21H,1H3. The highest BCUT2D eigenvalue weighted by molar-refractivity contribution is 6.06. The van der Waals surface area contributed by atoms with Gasteiger partial charge >= 0.3 is 0 Å². The summed E-state index contributed by atoms with van der Waals surface area (Å²) in [6, 6.07) is 43.6. The van der Waals surface area contributed by atoms with Gasteiger partial charge in [-0.3, -0.25) is 0 Å². The second kappa shape index (κ2) is 7.55. The van der Waals surface area contributed by atoms with E-state index < -0.39 is 0 Å². The summed E-state index contributed by atoms with van der Waals surface area (Å²) in [6.45, 7) is 0. The lowest BCUT2D eigenvalue weighted by atomic mass is 9.80. The van der Waals surface area contributed by atoms with Crippen LogP contribution in [0.5, 0.6) is 0 Å². The minimum Gasteiger partial charge on any atom is -0.344 e. The summed E-state index contributed by atoms with van der Waals surface area (Å²) in [7, 11) is 2.16. The fourth-order valence-electron chi connectivity index (χ4n) is 4.96. The van der Waals surface area contributed by atoms with Gasteiger partial charge in [-0.15, -0.1) is 0 Å². The van der Waals surface area contributed by atoms with Crippen molar-refractivity contribution in [2.24, 2.45) is 0 Å². The molecular weight excluding hydrogens is 386 g/mol. The number of para-hydroxylation sites is 1. The molecule has 0 aromatic heterocycles. The van der Waals surface area contributed by atoms with Gasteiger partial charge in [0.15, 0.2) is 0 Å². The summed E-state index contributed by atoms with van der Waals surface area (Å²) in [5.74, 6) is 0. The van der Waals surface area contributed by atoms with Gasteiger partial charge in [0.05, 0.1) is 0 Å². The van der Waals surface area contributed by atoms with Gasteiger partial charge < -0.3 is 4.90 Å². The maximum absolute atomic E-state index is 2.30. The Labute approximate surface area is 189 Å². The Balaban J connectivity index is 1.74. The molecule has 0 amide bonds. The molecule has 0 saturated carbocycles. The maximum Gasteiger partial charge on any atom is 0.0494 e. The first-order valence-corrected chi connectivity index (χ1v) is 11.0. The van der Waals surface area contributed by atoms with Crippen LogP contribution in [0.2, 0.25) is 0 Å². The minimum atomic E-state index is 1.18. The monoisotopic (exact) mass is 409 g/mol. The molecule has 0 atom stereocenters. The normalized spacial score (nSPS) is 11.3. The van der Waals surface area contributed by atoms with E-state index in [4.69, 9.17) is 0 Å². The third-order valence-electron chi connectivity index (χ3n) is 6.47. The number of hydrogen-bond donors (Lipinski definition) is 0. The molecule has 1 aliphatic rings. The Hall–Kier alpha value is -4.10. The molecule has 0 heterocycles. The number of benzene rings is 5. The predicted octanol–water partition coefficient (Wildman–Crippen LogP) is 8.44. The Morgan fingerprint density at radius 3 is 1.34 bits per heavy atom. The van der Waals surface area contributed by atoms with Crippen molar-refractivity contribution in [3.63, 3.8) is 0 Å². The molecule has 1 heteroatoms. The number of hydrogen-bond acceptors (Lipinski definition) is 1. The van der Waals surface area contributed by atoms with Crippen molar-refractivity contribution in [2.75, 3.05) is 11.9 Å². The van der Waals surface area contributed by atoms with Crippen LogP contribution in [0.4, 0.5) is 11.4 Å². The van der Waals surface area contributed by atoms with Gasteiger partial charge in [0.1, 0.15) is 0 Å². The molecule has 1 aliphatic carbocycles. The van der Waals surface area contributed by atoms with E-state index in [-0.39, 0.29) is 0 Å². The van der Waals surface area contributed by atoms with Crippen LogP contribution in [-0.4, -0.2) is 7.05 Å². The molecular formula is C31H23N. The Kier molecular flexibility index (Phi) is 4.40. The Bertz CT molecular complexity index is 1430. The van der Waals surface area contributed by atoms with Crippen LogP contribution in [0.3, 0.4) is 0 Å². The summed E-state index contributed by atoms with van der Waals surface area (Å²) >= 11 is 0. The molecule has 32 heavy (non-hydrogen) atoms. The van der Waals surface area contributed by atoms with Gasteiger partial charge in [0.2, 0.25) is 0 Å². The van der Waals surface area contributed by atoms with Crippen LogP contribution in [0.25, 0.3) is 44.5 Å². The number of anilines is 2. The van der Waals surface area contributed by atoms with Crippen molar-refractivity contribution in [3.05, 3.63) is 121 Å². The van der Waals surface area contributed by atoms with Gasteiger partial charge in [0, 0.05) is 24.0 Å². The molecule has 0 fully saturated rings. The first-order valence-electron chi connectivity index (χ1n) is 11.0. The average Bonchev–Trinajstić information content (AvgIpc) is 2.87. The van der Waals surface area contributed by atoms with Crippen LogP contribution in [0, 0.1) is 0 Å². The summed E-state index contributed by atoms with van der Waals surface area (Å²) in [6.07, 6.45) is 0. The fraction of sp³-hybridized carbons (Fsp3) is 0.0323. The van der Waals surface area contributed by atoms with Gasteiger partial charge in [-0.2, -0.15) is 0 Å². The van der Waals surface area contributed by atoms with Crippen LogP contribution < -0.4 is 4.90 Å². The second-order valence-corrected chi connectivity index (χ2v) is 8.23. The Morgan fingerprint density at radius 1 is 0.375 bits per heavy atom. The minimum absolute atomic E-state index is 1.18. The molecule has 0 aliphatic heterocycles. The third-order valence-corrected chi connectivity index (χ3v) is 6.47. The zero-order valence-corrected chi connectivity index (χ0v) is 18.0. The van der Waals surface area contributed by atoms with Crippen LogP contribution in [0.15, 0.2) is 121 Å². The van der Waals surface area contributed by atoms with Crippen molar-refractivity contribution in [1.29, 1.82) is 0 Å². The van der Waals surface area contributed by atoms with Crippen LogP contribution in [0.1, 0.15) is 0 Å². The van der Waals surface area contributed by atoms with E-state index >= 15 is 0 Å². The molecule has 0 saturated heterocycles. The lowest BCUT2D eigenvalue weighted by Crippen LogP contribution is -2.11. The quantitative estimate of drug-likeness (QED) is 0.277. The number of fused-ring (bicyclic) bond motifs is 8. The number of rotatable bonds is 2. The lowest BCUT2D eigenvalue weighted by Gasteiger charge is -2.28. The highest BCUT2D eigenvalue weighted by Crippen LogP contribution is 2.50. The van der Waals surface area contributed by atoms with E-state index in [1.807, 2.05) is 0 Å². The summed E-state index contributed by atoms with van der Waals surface area (Å²) in [4.78, 5) is 2.30. The van der Waals surface area contributed by atoms with Gasteiger partial charge in [-0.05, 0) is 57.1 Å². The second-order valence-electron chi connectivity index (χ2n) is 8.23. The van der Waals surface area contributed by atoms with Crippen molar-refractivity contribution in [1.82, 2.24) is 0 Å². The molecule has 0 N–H and O–H groups in total. The fourth-order valence-corrected chi connectivity index (χ4v) is 4.96. The average molecular weight is 410 g/mol. The van der Waals surface area contributed by atoms with Crippen molar-refractivity contribution >= 4 is 11.4 Å². The number of nitrogens with zero attached hydrogens (tertiary/aromatic N) is 1. The first-order chi connectivity index (χ1) is 15.8. The molecule has 152 valence electrons. The predicted molar refractivity (Wildman–Crippen MR) is 136 cm³/mol. The third kappa shape index (κ3) is 2.86. The van der Waals surface area contributed by atoms with E-state index in [0.29, 0.717) is 0 Å². The van der Waals surface area contributed by atoms with E-state index in [1.165, 1.54) is 55.9 Å². The van der Waals surface area contributed by atoms with Gasteiger partial charge in [0.25, 0.3) is 0 Å². The molecule has 5 aromatic rings. The topological polar surface area (TPSA) is 3.24 Å². The van der Waals surface area contributed by atoms with Crippen molar-refractivity contribution in [2.45, 2.75) is 0 Å². The van der Waals surface area contributed by atoms with Crippen molar-refractivity contribution < 1.29 is 0 Å². The van der Waals surface area contributed by atoms with Crippen LogP contribution in [-0.2, 0) is 0 Å². The smallest absolute Gasteiger partial charge is 0.0494 e. The van der Waals surface area contributed by atoms with Gasteiger partial charge in [-0.1, -0.05) is 103 Å². The zero-order chi connectivity index (χ0) is 21.5. The highest BCUT2D eigenvalue weighted by atomic mass is 15.1. The molecule has 0 radical (unpaired) electrons. The molecule has 5 aromatic carbocycles.